The first kappa shape index (κ1) is 25.1. The Kier molecular flexibility index (Phi) is 10.7. The van der Waals surface area contributed by atoms with Crippen LogP contribution in [0.1, 0.15) is 37.8 Å². The molecule has 0 radical (unpaired) electrons. The van der Waals surface area contributed by atoms with Crippen molar-refractivity contribution in [2.45, 2.75) is 45.0 Å². The van der Waals surface area contributed by atoms with Crippen molar-refractivity contribution in [3.63, 3.8) is 0 Å². The minimum atomic E-state index is -0.513. The van der Waals surface area contributed by atoms with Crippen molar-refractivity contribution in [1.82, 2.24) is 10.2 Å². The van der Waals surface area contributed by atoms with Gasteiger partial charge in [0.25, 0.3) is 0 Å². The van der Waals surface area contributed by atoms with E-state index in [1.54, 1.807) is 12.0 Å². The number of ether oxygens (including phenoxy) is 1. The van der Waals surface area contributed by atoms with Crippen LogP contribution in [0.25, 0.3) is 0 Å². The van der Waals surface area contributed by atoms with Gasteiger partial charge in [0.15, 0.2) is 0 Å². The molecule has 0 saturated heterocycles. The van der Waals surface area contributed by atoms with E-state index in [0.29, 0.717) is 36.0 Å². The topological polar surface area (TPSA) is 58.6 Å². The first-order chi connectivity index (χ1) is 15.0. The van der Waals surface area contributed by atoms with E-state index in [1.807, 2.05) is 62.4 Å². The van der Waals surface area contributed by atoms with Crippen molar-refractivity contribution in [2.75, 3.05) is 19.4 Å². The molecule has 2 aromatic rings. The Hall–Kier alpha value is -2.18. The third-order valence-electron chi connectivity index (χ3n) is 4.83. The Morgan fingerprint density at radius 3 is 2.52 bits per heavy atom. The summed E-state index contributed by atoms with van der Waals surface area (Å²) in [5, 5.41) is 3.63. The van der Waals surface area contributed by atoms with Crippen LogP contribution in [0.3, 0.4) is 0 Å². The van der Waals surface area contributed by atoms with Crippen LogP contribution in [0.2, 0.25) is 5.02 Å². The van der Waals surface area contributed by atoms with E-state index in [-0.39, 0.29) is 11.8 Å². The minimum absolute atomic E-state index is 0.0553. The molecular formula is C24H31ClN2O3S. The Balaban J connectivity index is 2.12. The third kappa shape index (κ3) is 8.11. The van der Waals surface area contributed by atoms with Crippen LogP contribution in [0.5, 0.6) is 5.75 Å². The Morgan fingerprint density at radius 2 is 1.87 bits per heavy atom. The number of carbonyl (C=O) groups excluding carboxylic acids is 2. The lowest BCUT2D eigenvalue weighted by molar-refractivity contribution is -0.139. The molecule has 0 aromatic heterocycles. The average molecular weight is 463 g/mol. The van der Waals surface area contributed by atoms with Crippen LogP contribution in [0, 0.1) is 0 Å². The van der Waals surface area contributed by atoms with Crippen molar-refractivity contribution in [3.05, 3.63) is 64.7 Å². The van der Waals surface area contributed by atoms with Crippen molar-refractivity contribution in [1.29, 1.82) is 0 Å². The standard InChI is InChI=1S/C24H31ClN2O3S/c1-4-13-26-24(29)22(5-2)27(15-19-7-6-8-21(14-19)30-3)23(28)17-31-16-18-9-11-20(25)12-10-18/h6-12,14,22H,4-5,13,15-17H2,1-3H3,(H,26,29)/t22-/m0/s1. The van der Waals surface area contributed by atoms with E-state index in [4.69, 9.17) is 16.3 Å². The lowest BCUT2D eigenvalue weighted by Crippen LogP contribution is -2.49. The monoisotopic (exact) mass is 462 g/mol. The van der Waals surface area contributed by atoms with Gasteiger partial charge < -0.3 is 15.0 Å². The molecule has 0 bridgehead atoms. The number of benzene rings is 2. The van der Waals surface area contributed by atoms with Gasteiger partial charge in [-0.3, -0.25) is 9.59 Å². The summed E-state index contributed by atoms with van der Waals surface area (Å²) >= 11 is 7.47. The van der Waals surface area contributed by atoms with Gasteiger partial charge in [0.2, 0.25) is 11.8 Å². The fourth-order valence-corrected chi connectivity index (χ4v) is 4.17. The zero-order chi connectivity index (χ0) is 22.6. The number of hydrogen-bond acceptors (Lipinski definition) is 4. The third-order valence-corrected chi connectivity index (χ3v) is 6.07. The first-order valence-corrected chi connectivity index (χ1v) is 12.0. The highest BCUT2D eigenvalue weighted by atomic mass is 35.5. The Bertz CT molecular complexity index is 845. The number of hydrogen-bond donors (Lipinski definition) is 1. The molecule has 0 saturated carbocycles. The highest BCUT2D eigenvalue weighted by molar-refractivity contribution is 7.99. The summed E-state index contributed by atoms with van der Waals surface area (Å²) in [6.07, 6.45) is 1.40. The second-order valence-electron chi connectivity index (χ2n) is 7.21. The summed E-state index contributed by atoms with van der Waals surface area (Å²) in [5.74, 6) is 1.56. The molecule has 2 amide bonds. The number of rotatable bonds is 12. The predicted octanol–water partition coefficient (Wildman–Crippen LogP) is 4.92. The number of halogens is 1. The number of carbonyl (C=O) groups is 2. The highest BCUT2D eigenvalue weighted by Gasteiger charge is 2.28. The van der Waals surface area contributed by atoms with Gasteiger partial charge in [-0.2, -0.15) is 0 Å². The molecule has 0 spiro atoms. The minimum Gasteiger partial charge on any atom is -0.497 e. The molecule has 1 atom stereocenters. The van der Waals surface area contributed by atoms with E-state index in [0.717, 1.165) is 23.3 Å². The Labute approximate surface area is 194 Å². The molecule has 5 nitrogen and oxygen atoms in total. The van der Waals surface area contributed by atoms with E-state index < -0.39 is 6.04 Å². The Morgan fingerprint density at radius 1 is 1.13 bits per heavy atom. The summed E-state index contributed by atoms with van der Waals surface area (Å²) in [6, 6.07) is 14.7. The van der Waals surface area contributed by atoms with Crippen molar-refractivity contribution >= 4 is 35.2 Å². The largest absolute Gasteiger partial charge is 0.497 e. The quantitative estimate of drug-likeness (QED) is 0.486. The number of amides is 2. The summed E-state index contributed by atoms with van der Waals surface area (Å²) in [7, 11) is 1.61. The van der Waals surface area contributed by atoms with E-state index in [2.05, 4.69) is 5.32 Å². The van der Waals surface area contributed by atoms with Crippen LogP contribution < -0.4 is 10.1 Å². The van der Waals surface area contributed by atoms with Gasteiger partial charge in [0, 0.05) is 23.9 Å². The van der Waals surface area contributed by atoms with Gasteiger partial charge in [-0.05, 0) is 48.2 Å². The van der Waals surface area contributed by atoms with Gasteiger partial charge in [-0.15, -0.1) is 11.8 Å². The van der Waals surface area contributed by atoms with Gasteiger partial charge in [-0.25, -0.2) is 0 Å². The summed E-state index contributed by atoms with van der Waals surface area (Å²) in [5.41, 5.74) is 2.03. The smallest absolute Gasteiger partial charge is 0.242 e. The molecule has 0 aliphatic carbocycles. The first-order valence-electron chi connectivity index (χ1n) is 10.5. The fraction of sp³-hybridized carbons (Fsp3) is 0.417. The summed E-state index contributed by atoms with van der Waals surface area (Å²) in [4.78, 5) is 27.7. The molecule has 168 valence electrons. The predicted molar refractivity (Wildman–Crippen MR) is 129 cm³/mol. The van der Waals surface area contributed by atoms with Crippen molar-refractivity contribution in [2.24, 2.45) is 0 Å². The number of nitrogens with one attached hydrogen (secondary N) is 1. The second-order valence-corrected chi connectivity index (χ2v) is 8.63. The summed E-state index contributed by atoms with van der Waals surface area (Å²) < 4.78 is 5.31. The summed E-state index contributed by atoms with van der Waals surface area (Å²) in [6.45, 7) is 4.90. The lowest BCUT2D eigenvalue weighted by atomic mass is 10.1. The SMILES string of the molecule is CCCNC(=O)[C@H](CC)N(Cc1cccc(OC)c1)C(=O)CSCc1ccc(Cl)cc1. The molecule has 0 aliphatic rings. The molecule has 1 N–H and O–H groups in total. The molecule has 0 heterocycles. The zero-order valence-electron chi connectivity index (χ0n) is 18.4. The molecule has 7 heteroatoms. The number of methoxy groups -OCH3 is 1. The van der Waals surface area contributed by atoms with Gasteiger partial charge in [0.05, 0.1) is 12.9 Å². The van der Waals surface area contributed by atoms with Crippen LogP contribution in [0.4, 0.5) is 0 Å². The van der Waals surface area contributed by atoms with E-state index in [9.17, 15) is 9.59 Å². The average Bonchev–Trinajstić information content (AvgIpc) is 2.78. The maximum atomic E-state index is 13.2. The van der Waals surface area contributed by atoms with Crippen LogP contribution in [0.15, 0.2) is 48.5 Å². The second kappa shape index (κ2) is 13.3. The zero-order valence-corrected chi connectivity index (χ0v) is 20.0. The molecule has 2 rings (SSSR count). The maximum absolute atomic E-state index is 13.2. The van der Waals surface area contributed by atoms with Crippen molar-refractivity contribution < 1.29 is 14.3 Å². The molecule has 0 fully saturated rings. The van der Waals surface area contributed by atoms with E-state index >= 15 is 0 Å². The van der Waals surface area contributed by atoms with E-state index in [1.165, 1.54) is 11.8 Å². The van der Waals surface area contributed by atoms with Gasteiger partial charge in [-0.1, -0.05) is 49.7 Å². The maximum Gasteiger partial charge on any atom is 0.242 e. The lowest BCUT2D eigenvalue weighted by Gasteiger charge is -2.30. The molecule has 31 heavy (non-hydrogen) atoms. The molecule has 0 unspecified atom stereocenters. The molecule has 2 aromatic carbocycles. The fourth-order valence-electron chi connectivity index (χ4n) is 3.17. The van der Waals surface area contributed by atoms with Crippen LogP contribution >= 0.6 is 23.4 Å². The van der Waals surface area contributed by atoms with Gasteiger partial charge >= 0.3 is 0 Å². The normalized spacial score (nSPS) is 11.6. The molecular weight excluding hydrogens is 432 g/mol. The number of thioether (sulfide) groups is 1. The highest BCUT2D eigenvalue weighted by Crippen LogP contribution is 2.20. The van der Waals surface area contributed by atoms with Crippen molar-refractivity contribution in [3.8, 4) is 5.75 Å². The molecule has 0 aliphatic heterocycles. The number of nitrogens with zero attached hydrogens (tertiary/aromatic N) is 1. The van der Waals surface area contributed by atoms with Gasteiger partial charge in [0.1, 0.15) is 11.8 Å². The van der Waals surface area contributed by atoms with Crippen LogP contribution in [-0.4, -0.2) is 42.2 Å². The van der Waals surface area contributed by atoms with Crippen LogP contribution in [-0.2, 0) is 21.9 Å².